The van der Waals surface area contributed by atoms with Gasteiger partial charge in [-0.05, 0) is 41.0 Å². The van der Waals surface area contributed by atoms with Crippen molar-refractivity contribution >= 4 is 31.9 Å². The predicted molar refractivity (Wildman–Crippen MR) is 95.7 cm³/mol. The molecule has 3 rings (SSSR count). The molecule has 0 fully saturated rings. The van der Waals surface area contributed by atoms with Gasteiger partial charge in [-0.2, -0.15) is 0 Å². The third-order valence-corrected chi connectivity index (χ3v) is 4.60. The van der Waals surface area contributed by atoms with Gasteiger partial charge in [0.1, 0.15) is 0 Å². The van der Waals surface area contributed by atoms with E-state index in [0.717, 1.165) is 8.95 Å². The molecule has 0 spiro atoms. The molecular formula is C19H14Br2. The highest BCUT2D eigenvalue weighted by molar-refractivity contribution is 9.10. The molecule has 0 nitrogen and oxygen atoms in total. The molecule has 0 heterocycles. The first kappa shape index (κ1) is 14.6. The first-order chi connectivity index (χ1) is 10.2. The summed E-state index contributed by atoms with van der Waals surface area (Å²) in [6.07, 6.45) is 0. The molecule has 0 aliphatic carbocycles. The number of hydrogen-bond donors (Lipinski definition) is 0. The van der Waals surface area contributed by atoms with Crippen molar-refractivity contribution in [1.82, 2.24) is 0 Å². The smallest absolute Gasteiger partial charge is 0.0340 e. The van der Waals surface area contributed by atoms with Crippen LogP contribution in [0.4, 0.5) is 0 Å². The highest BCUT2D eigenvalue weighted by Crippen LogP contribution is 2.33. The maximum atomic E-state index is 3.51. The van der Waals surface area contributed by atoms with Crippen molar-refractivity contribution in [3.63, 3.8) is 0 Å². The minimum atomic E-state index is 0.257. The van der Waals surface area contributed by atoms with Crippen LogP contribution in [0.2, 0.25) is 0 Å². The molecule has 0 bridgehead atoms. The minimum Gasteiger partial charge on any atom is -0.0622 e. The summed E-state index contributed by atoms with van der Waals surface area (Å²) < 4.78 is 2.21. The second-order valence-corrected chi connectivity index (χ2v) is 6.78. The first-order valence-corrected chi connectivity index (χ1v) is 8.38. The van der Waals surface area contributed by atoms with Gasteiger partial charge in [-0.25, -0.2) is 0 Å². The normalized spacial score (nSPS) is 10.8. The van der Waals surface area contributed by atoms with E-state index in [1.807, 2.05) is 0 Å². The summed E-state index contributed by atoms with van der Waals surface area (Å²) in [5.74, 6) is 0.257. The zero-order valence-corrected chi connectivity index (χ0v) is 14.5. The molecule has 0 unspecified atom stereocenters. The molecule has 0 atom stereocenters. The van der Waals surface area contributed by atoms with Gasteiger partial charge < -0.3 is 0 Å². The Kier molecular flexibility index (Phi) is 4.57. The standard InChI is InChI=1S/C19H14Br2/c20-17-10-6-15(7-11-17)19(14-4-2-1-3-5-14)16-8-12-18(21)13-9-16/h1-13,19H. The summed E-state index contributed by atoms with van der Waals surface area (Å²) in [7, 11) is 0. The van der Waals surface area contributed by atoms with E-state index in [2.05, 4.69) is 111 Å². The lowest BCUT2D eigenvalue weighted by Gasteiger charge is -2.19. The van der Waals surface area contributed by atoms with Crippen LogP contribution in [0.1, 0.15) is 22.6 Å². The van der Waals surface area contributed by atoms with Crippen molar-refractivity contribution < 1.29 is 0 Å². The summed E-state index contributed by atoms with van der Waals surface area (Å²) in [5, 5.41) is 0. The first-order valence-electron chi connectivity index (χ1n) is 6.80. The zero-order chi connectivity index (χ0) is 14.7. The Morgan fingerprint density at radius 1 is 0.476 bits per heavy atom. The molecule has 0 saturated heterocycles. The molecule has 0 aromatic heterocycles. The van der Waals surface area contributed by atoms with E-state index in [9.17, 15) is 0 Å². The van der Waals surface area contributed by atoms with Gasteiger partial charge in [0, 0.05) is 14.9 Å². The van der Waals surface area contributed by atoms with Crippen molar-refractivity contribution in [3.05, 3.63) is 104 Å². The fraction of sp³-hybridized carbons (Fsp3) is 0.0526. The van der Waals surface area contributed by atoms with Crippen LogP contribution in [0, 0.1) is 0 Å². The highest BCUT2D eigenvalue weighted by atomic mass is 79.9. The van der Waals surface area contributed by atoms with Crippen LogP contribution >= 0.6 is 31.9 Å². The predicted octanol–water partition coefficient (Wildman–Crippen LogP) is 6.39. The molecule has 0 N–H and O–H groups in total. The van der Waals surface area contributed by atoms with E-state index in [-0.39, 0.29) is 5.92 Å². The summed E-state index contributed by atoms with van der Waals surface area (Å²) in [6.45, 7) is 0. The Bertz CT molecular complexity index is 655. The van der Waals surface area contributed by atoms with Crippen LogP contribution in [0.25, 0.3) is 0 Å². The lowest BCUT2D eigenvalue weighted by atomic mass is 9.85. The molecule has 2 heteroatoms. The van der Waals surface area contributed by atoms with E-state index in [4.69, 9.17) is 0 Å². The molecule has 0 saturated carbocycles. The largest absolute Gasteiger partial charge is 0.0622 e. The molecule has 3 aromatic rings. The third-order valence-electron chi connectivity index (χ3n) is 3.54. The average Bonchev–Trinajstić information content (AvgIpc) is 2.52. The number of hydrogen-bond acceptors (Lipinski definition) is 0. The summed E-state index contributed by atoms with van der Waals surface area (Å²) in [5.41, 5.74) is 3.90. The van der Waals surface area contributed by atoms with Crippen LogP contribution in [0.5, 0.6) is 0 Å². The molecule has 0 amide bonds. The molecule has 3 aromatic carbocycles. The van der Waals surface area contributed by atoms with Gasteiger partial charge in [0.25, 0.3) is 0 Å². The lowest BCUT2D eigenvalue weighted by molar-refractivity contribution is 0.976. The maximum Gasteiger partial charge on any atom is 0.0340 e. The van der Waals surface area contributed by atoms with Gasteiger partial charge in [-0.15, -0.1) is 0 Å². The fourth-order valence-electron chi connectivity index (χ4n) is 2.53. The van der Waals surface area contributed by atoms with Gasteiger partial charge >= 0.3 is 0 Å². The van der Waals surface area contributed by atoms with Crippen molar-refractivity contribution in [2.24, 2.45) is 0 Å². The van der Waals surface area contributed by atoms with Gasteiger partial charge in [0.15, 0.2) is 0 Å². The third kappa shape index (κ3) is 3.45. The maximum absolute atomic E-state index is 3.51. The molecule has 0 aliphatic rings. The highest BCUT2D eigenvalue weighted by Gasteiger charge is 2.16. The zero-order valence-electron chi connectivity index (χ0n) is 11.3. The van der Waals surface area contributed by atoms with E-state index in [1.54, 1.807) is 0 Å². The van der Waals surface area contributed by atoms with Gasteiger partial charge in [-0.1, -0.05) is 86.5 Å². The fourth-order valence-corrected chi connectivity index (χ4v) is 3.06. The van der Waals surface area contributed by atoms with Gasteiger partial charge in [0.2, 0.25) is 0 Å². The second kappa shape index (κ2) is 6.59. The van der Waals surface area contributed by atoms with E-state index in [1.165, 1.54) is 16.7 Å². The number of halogens is 2. The second-order valence-electron chi connectivity index (χ2n) is 4.95. The quantitative estimate of drug-likeness (QED) is 0.446. The number of benzene rings is 3. The number of rotatable bonds is 3. The molecule has 21 heavy (non-hydrogen) atoms. The van der Waals surface area contributed by atoms with Crippen molar-refractivity contribution in [2.45, 2.75) is 5.92 Å². The van der Waals surface area contributed by atoms with Crippen LogP contribution in [0.3, 0.4) is 0 Å². The molecular weight excluding hydrogens is 388 g/mol. The minimum absolute atomic E-state index is 0.257. The molecule has 0 aliphatic heterocycles. The Morgan fingerprint density at radius 2 is 0.857 bits per heavy atom. The van der Waals surface area contributed by atoms with Crippen molar-refractivity contribution in [2.75, 3.05) is 0 Å². The Hall–Kier alpha value is -1.38. The van der Waals surface area contributed by atoms with E-state index < -0.39 is 0 Å². The van der Waals surface area contributed by atoms with Crippen molar-refractivity contribution in [1.29, 1.82) is 0 Å². The van der Waals surface area contributed by atoms with Crippen LogP contribution < -0.4 is 0 Å². The Labute approximate surface area is 142 Å². The van der Waals surface area contributed by atoms with E-state index in [0.29, 0.717) is 0 Å². The Balaban J connectivity index is 2.11. The van der Waals surface area contributed by atoms with E-state index >= 15 is 0 Å². The van der Waals surface area contributed by atoms with Gasteiger partial charge in [0.05, 0.1) is 0 Å². The topological polar surface area (TPSA) is 0 Å². The molecule has 0 radical (unpaired) electrons. The van der Waals surface area contributed by atoms with Crippen LogP contribution in [-0.2, 0) is 0 Å². The van der Waals surface area contributed by atoms with Crippen LogP contribution in [-0.4, -0.2) is 0 Å². The van der Waals surface area contributed by atoms with Crippen LogP contribution in [0.15, 0.2) is 87.8 Å². The summed E-state index contributed by atoms with van der Waals surface area (Å²) >= 11 is 7.02. The summed E-state index contributed by atoms with van der Waals surface area (Å²) in [4.78, 5) is 0. The SMILES string of the molecule is Brc1ccc(C(c2ccccc2)c2ccc(Br)cc2)cc1. The van der Waals surface area contributed by atoms with Crippen molar-refractivity contribution in [3.8, 4) is 0 Å². The lowest BCUT2D eigenvalue weighted by Crippen LogP contribution is -2.03. The molecule has 104 valence electrons. The summed E-state index contributed by atoms with van der Waals surface area (Å²) in [6, 6.07) is 27.8. The van der Waals surface area contributed by atoms with Gasteiger partial charge in [-0.3, -0.25) is 0 Å². The average molecular weight is 402 g/mol. The Morgan fingerprint density at radius 3 is 1.29 bits per heavy atom. The monoisotopic (exact) mass is 400 g/mol.